The molecule has 0 atom stereocenters. The highest BCUT2D eigenvalue weighted by Gasteiger charge is 2.35. The van der Waals surface area contributed by atoms with E-state index in [0.717, 1.165) is 10.8 Å². The quantitative estimate of drug-likeness (QED) is 0.208. The molecule has 6 rings (SSSR count). The van der Waals surface area contributed by atoms with Gasteiger partial charge in [0.1, 0.15) is 22.8 Å². The number of para-hydroxylation sites is 4. The predicted octanol–water partition coefficient (Wildman–Crippen LogP) is 8.29. The number of rotatable bonds is 7. The second-order valence-electron chi connectivity index (χ2n) is 7.99. The molecule has 0 saturated carbocycles. The van der Waals surface area contributed by atoms with E-state index >= 15 is 0 Å². The van der Waals surface area contributed by atoms with E-state index in [0.29, 0.717) is 34.1 Å². The molecule has 0 aliphatic rings. The van der Waals surface area contributed by atoms with Gasteiger partial charge in [-0.1, -0.05) is 78.9 Å². The van der Waals surface area contributed by atoms with Crippen molar-refractivity contribution in [3.63, 3.8) is 0 Å². The number of phosphoric ester groups is 1. The Morgan fingerprint density at radius 2 is 1.22 bits per heavy atom. The Morgan fingerprint density at radius 3 is 1.92 bits per heavy atom. The second kappa shape index (κ2) is 9.25. The lowest BCUT2D eigenvalue weighted by Gasteiger charge is -2.21. The first-order valence-electron chi connectivity index (χ1n) is 11.3. The third-order valence-electron chi connectivity index (χ3n) is 5.53. The van der Waals surface area contributed by atoms with Gasteiger partial charge in [0.15, 0.2) is 5.58 Å². The number of fused-ring (bicyclic) bond motifs is 2. The molecule has 0 N–H and O–H groups in total. The molecule has 0 amide bonds. The van der Waals surface area contributed by atoms with Crippen molar-refractivity contribution < 1.29 is 22.6 Å². The lowest BCUT2D eigenvalue weighted by Crippen LogP contribution is -2.08. The molecule has 176 valence electrons. The number of benzene rings is 5. The summed E-state index contributed by atoms with van der Waals surface area (Å²) in [5.41, 5.74) is 1.89. The molecular formula is C29H20NO5P. The van der Waals surface area contributed by atoms with Crippen LogP contribution < -0.4 is 13.6 Å². The molecule has 0 fully saturated rings. The minimum absolute atomic E-state index is 0.260. The Balaban J connectivity index is 1.49. The molecule has 36 heavy (non-hydrogen) atoms. The fourth-order valence-corrected chi connectivity index (χ4v) is 5.19. The van der Waals surface area contributed by atoms with Gasteiger partial charge in [0.25, 0.3) is 0 Å². The first-order chi connectivity index (χ1) is 17.7. The van der Waals surface area contributed by atoms with Crippen LogP contribution in [0, 0.1) is 0 Å². The maximum Gasteiger partial charge on any atom is 0.647 e. The van der Waals surface area contributed by atoms with Crippen molar-refractivity contribution in [2.45, 2.75) is 0 Å². The number of hydrogen-bond donors (Lipinski definition) is 0. The van der Waals surface area contributed by atoms with Crippen molar-refractivity contribution in [1.29, 1.82) is 0 Å². The topological polar surface area (TPSA) is 70.8 Å². The van der Waals surface area contributed by atoms with Crippen molar-refractivity contribution in [2.24, 2.45) is 0 Å². The fraction of sp³-hybridized carbons (Fsp3) is 0. The van der Waals surface area contributed by atoms with E-state index < -0.39 is 7.82 Å². The van der Waals surface area contributed by atoms with E-state index in [1.807, 2.05) is 66.7 Å². The normalized spacial score (nSPS) is 11.4. The number of oxazole rings is 1. The molecule has 6 nitrogen and oxygen atoms in total. The summed E-state index contributed by atoms with van der Waals surface area (Å²) in [7, 11) is -4.21. The number of nitrogens with zero attached hydrogens (tertiary/aromatic N) is 1. The Bertz CT molecular complexity index is 1620. The lowest BCUT2D eigenvalue weighted by molar-refractivity contribution is 0.299. The highest BCUT2D eigenvalue weighted by Crippen LogP contribution is 2.52. The molecular weight excluding hydrogens is 473 g/mol. The van der Waals surface area contributed by atoms with E-state index in [-0.39, 0.29) is 5.75 Å². The summed E-state index contributed by atoms with van der Waals surface area (Å²) in [6.45, 7) is 0. The summed E-state index contributed by atoms with van der Waals surface area (Å²) in [6.07, 6.45) is 0. The molecule has 0 saturated heterocycles. The summed E-state index contributed by atoms with van der Waals surface area (Å²) >= 11 is 0. The highest BCUT2D eigenvalue weighted by molar-refractivity contribution is 7.49. The van der Waals surface area contributed by atoms with Crippen LogP contribution in [0.2, 0.25) is 0 Å². The van der Waals surface area contributed by atoms with Crippen molar-refractivity contribution in [2.75, 3.05) is 0 Å². The predicted molar refractivity (Wildman–Crippen MR) is 139 cm³/mol. The van der Waals surface area contributed by atoms with Gasteiger partial charge in [0.05, 0.1) is 5.56 Å². The third-order valence-corrected chi connectivity index (χ3v) is 6.82. The summed E-state index contributed by atoms with van der Waals surface area (Å²) < 4.78 is 38.0. The van der Waals surface area contributed by atoms with Crippen LogP contribution in [-0.4, -0.2) is 4.98 Å². The first kappa shape index (κ1) is 22.0. The van der Waals surface area contributed by atoms with Crippen LogP contribution in [0.3, 0.4) is 0 Å². The molecule has 0 radical (unpaired) electrons. The van der Waals surface area contributed by atoms with E-state index in [1.165, 1.54) is 0 Å². The van der Waals surface area contributed by atoms with Gasteiger partial charge < -0.3 is 18.0 Å². The van der Waals surface area contributed by atoms with Gasteiger partial charge in [-0.25, -0.2) is 4.98 Å². The van der Waals surface area contributed by atoms with Crippen LogP contribution in [0.25, 0.3) is 33.3 Å². The summed E-state index contributed by atoms with van der Waals surface area (Å²) in [4.78, 5) is 4.67. The van der Waals surface area contributed by atoms with Crippen LogP contribution in [0.5, 0.6) is 17.2 Å². The van der Waals surface area contributed by atoms with Crippen LogP contribution in [-0.2, 0) is 4.57 Å². The van der Waals surface area contributed by atoms with Gasteiger partial charge >= 0.3 is 7.82 Å². The Morgan fingerprint density at radius 1 is 0.611 bits per heavy atom. The van der Waals surface area contributed by atoms with Crippen LogP contribution in [0.1, 0.15) is 0 Å². The summed E-state index contributed by atoms with van der Waals surface area (Å²) in [5, 5.41) is 1.78. The van der Waals surface area contributed by atoms with Crippen molar-refractivity contribution in [3.8, 4) is 28.7 Å². The van der Waals surface area contributed by atoms with E-state index in [1.54, 1.807) is 54.6 Å². The zero-order chi connectivity index (χ0) is 24.4. The zero-order valence-corrected chi connectivity index (χ0v) is 19.9. The molecule has 0 aliphatic heterocycles. The number of hydrogen-bond acceptors (Lipinski definition) is 6. The summed E-state index contributed by atoms with van der Waals surface area (Å²) in [5.74, 6) is 1.30. The average molecular weight is 493 g/mol. The van der Waals surface area contributed by atoms with Crippen molar-refractivity contribution in [3.05, 3.63) is 121 Å². The summed E-state index contributed by atoms with van der Waals surface area (Å²) in [6, 6.07) is 36.4. The molecule has 0 bridgehead atoms. The molecule has 0 unspecified atom stereocenters. The van der Waals surface area contributed by atoms with Crippen molar-refractivity contribution in [1.82, 2.24) is 4.98 Å². The largest absolute Gasteiger partial charge is 0.647 e. The molecule has 6 aromatic rings. The average Bonchev–Trinajstić information content (AvgIpc) is 3.33. The zero-order valence-electron chi connectivity index (χ0n) is 19.0. The van der Waals surface area contributed by atoms with E-state index in [9.17, 15) is 4.57 Å². The Kier molecular flexibility index (Phi) is 5.64. The maximum absolute atomic E-state index is 14.1. The van der Waals surface area contributed by atoms with E-state index in [4.69, 9.17) is 18.0 Å². The maximum atomic E-state index is 14.1. The van der Waals surface area contributed by atoms with Crippen LogP contribution in [0.4, 0.5) is 0 Å². The molecule has 0 spiro atoms. The number of phosphoric acid groups is 1. The van der Waals surface area contributed by atoms with Crippen molar-refractivity contribution >= 4 is 29.7 Å². The highest BCUT2D eigenvalue weighted by atomic mass is 31.2. The van der Waals surface area contributed by atoms with Gasteiger partial charge in [-0.15, -0.1) is 0 Å². The van der Waals surface area contributed by atoms with E-state index in [2.05, 4.69) is 4.98 Å². The van der Waals surface area contributed by atoms with Crippen LogP contribution >= 0.6 is 7.82 Å². The van der Waals surface area contributed by atoms with Gasteiger partial charge in [-0.3, -0.25) is 0 Å². The SMILES string of the molecule is O=P(Oc1ccccc1)(Oc1ccccc1)Oc1ccc2ccccc2c1-c1nc2ccccc2o1. The molecule has 7 heteroatoms. The second-order valence-corrected chi connectivity index (χ2v) is 9.44. The monoisotopic (exact) mass is 493 g/mol. The first-order valence-corrected chi connectivity index (χ1v) is 12.8. The van der Waals surface area contributed by atoms with Gasteiger partial charge in [0.2, 0.25) is 5.89 Å². The third kappa shape index (κ3) is 4.42. The van der Waals surface area contributed by atoms with Gasteiger partial charge in [0, 0.05) is 0 Å². The Labute approximate surface area is 207 Å². The molecule has 1 aromatic heterocycles. The lowest BCUT2D eigenvalue weighted by atomic mass is 10.0. The van der Waals surface area contributed by atoms with Gasteiger partial charge in [-0.2, -0.15) is 4.57 Å². The van der Waals surface area contributed by atoms with Crippen LogP contribution in [0.15, 0.2) is 126 Å². The minimum atomic E-state index is -4.21. The number of aromatic nitrogens is 1. The molecule has 1 heterocycles. The molecule has 5 aromatic carbocycles. The Hall–Kier alpha value is -4.54. The molecule has 0 aliphatic carbocycles. The smallest absolute Gasteiger partial charge is 0.436 e. The fourth-order valence-electron chi connectivity index (χ4n) is 3.92. The minimum Gasteiger partial charge on any atom is -0.436 e. The standard InChI is InChI=1S/C29H20NO5P/c31-36(33-22-12-3-1-4-13-22,34-23-14-5-2-6-15-23)35-27-20-19-21-11-7-8-16-24(21)28(27)29-30-25-17-9-10-18-26(25)32-29/h1-20H. The van der Waals surface area contributed by atoms with Gasteiger partial charge in [-0.05, 0) is 53.2 Å².